The number of fused-ring (bicyclic) bond motifs is 2. The molecule has 2 N–H and O–H groups in total. The molecule has 1 aromatic heterocycles. The van der Waals surface area contributed by atoms with Gasteiger partial charge in [-0.05, 0) is 24.1 Å². The number of nitrogens with one attached hydrogen (secondary N) is 2. The molecule has 2 aromatic rings. The fourth-order valence-corrected chi connectivity index (χ4v) is 3.30. The summed E-state index contributed by atoms with van der Waals surface area (Å²) in [5.74, 6) is 0.869. The molecule has 0 bridgehead atoms. The summed E-state index contributed by atoms with van der Waals surface area (Å²) in [6, 6.07) is 8.45. The zero-order chi connectivity index (χ0) is 14.2. The second kappa shape index (κ2) is 5.00. The van der Waals surface area contributed by atoms with E-state index in [1.165, 1.54) is 16.7 Å². The van der Waals surface area contributed by atoms with Gasteiger partial charge in [0.25, 0.3) is 0 Å². The number of hydrogen-bond acceptors (Lipinski definition) is 4. The minimum absolute atomic E-state index is 0.235. The summed E-state index contributed by atoms with van der Waals surface area (Å²) in [6.45, 7) is 3.53. The Bertz CT molecular complexity index is 712. The number of rotatable bonds is 1. The van der Waals surface area contributed by atoms with Crippen LogP contribution in [0.15, 0.2) is 29.1 Å². The third-order valence-corrected chi connectivity index (χ3v) is 4.34. The Balaban J connectivity index is 1.76. The van der Waals surface area contributed by atoms with E-state index in [4.69, 9.17) is 0 Å². The average molecular weight is 282 g/mol. The van der Waals surface area contributed by atoms with Gasteiger partial charge in [0.05, 0.1) is 0 Å². The number of nitrogens with zero attached hydrogens (tertiary/aromatic N) is 2. The van der Waals surface area contributed by atoms with Crippen LogP contribution in [-0.4, -0.2) is 23.1 Å². The molecule has 3 heterocycles. The van der Waals surface area contributed by atoms with Crippen LogP contribution in [-0.2, 0) is 25.9 Å². The lowest BCUT2D eigenvalue weighted by Crippen LogP contribution is -2.25. The van der Waals surface area contributed by atoms with Crippen LogP contribution in [0.25, 0.3) is 0 Å². The Morgan fingerprint density at radius 1 is 1.05 bits per heavy atom. The topological polar surface area (TPSA) is 61.0 Å². The number of hydrogen-bond donors (Lipinski definition) is 2. The van der Waals surface area contributed by atoms with Gasteiger partial charge in [-0.2, -0.15) is 4.98 Å². The summed E-state index contributed by atoms with van der Waals surface area (Å²) in [6.07, 6.45) is 1.78. The van der Waals surface area contributed by atoms with E-state index >= 15 is 0 Å². The van der Waals surface area contributed by atoms with Crippen LogP contribution < -0.4 is 15.9 Å². The van der Waals surface area contributed by atoms with Crippen LogP contribution in [0.5, 0.6) is 0 Å². The van der Waals surface area contributed by atoms with Gasteiger partial charge in [0.15, 0.2) is 0 Å². The number of anilines is 1. The normalized spacial score (nSPS) is 17.2. The van der Waals surface area contributed by atoms with E-state index < -0.39 is 0 Å². The van der Waals surface area contributed by atoms with Crippen LogP contribution in [0.4, 0.5) is 5.82 Å². The maximum Gasteiger partial charge on any atom is 0.347 e. The van der Waals surface area contributed by atoms with Gasteiger partial charge in [0.1, 0.15) is 5.82 Å². The van der Waals surface area contributed by atoms with Gasteiger partial charge in [-0.1, -0.05) is 24.3 Å². The van der Waals surface area contributed by atoms with Crippen LogP contribution in [0.3, 0.4) is 0 Å². The van der Waals surface area contributed by atoms with Crippen molar-refractivity contribution in [3.63, 3.8) is 0 Å². The van der Waals surface area contributed by atoms with E-state index in [2.05, 4.69) is 44.5 Å². The van der Waals surface area contributed by atoms with Crippen molar-refractivity contribution in [3.8, 4) is 0 Å². The van der Waals surface area contributed by atoms with Gasteiger partial charge in [0.2, 0.25) is 0 Å². The van der Waals surface area contributed by atoms with Crippen LogP contribution in [0, 0.1) is 0 Å². The van der Waals surface area contributed by atoms with Crippen molar-refractivity contribution in [2.24, 2.45) is 0 Å². The van der Waals surface area contributed by atoms with E-state index in [-0.39, 0.29) is 5.69 Å². The Kier molecular flexibility index (Phi) is 3.00. The van der Waals surface area contributed by atoms with Gasteiger partial charge in [-0.3, -0.25) is 0 Å². The molecule has 0 radical (unpaired) electrons. The monoisotopic (exact) mass is 282 g/mol. The molecule has 0 amide bonds. The Labute approximate surface area is 123 Å². The summed E-state index contributed by atoms with van der Waals surface area (Å²) in [4.78, 5) is 21.3. The lowest BCUT2D eigenvalue weighted by molar-refractivity contribution is 0.707. The highest BCUT2D eigenvalue weighted by molar-refractivity contribution is 5.53. The second-order valence-electron chi connectivity index (χ2n) is 5.70. The molecule has 108 valence electrons. The SMILES string of the molecule is O=c1nc(N2Cc3ccccc3C2)c2c([nH]1)CCNCC2. The highest BCUT2D eigenvalue weighted by atomic mass is 16.1. The molecule has 5 nitrogen and oxygen atoms in total. The van der Waals surface area contributed by atoms with E-state index in [1.807, 2.05) is 0 Å². The molecule has 5 heteroatoms. The molecule has 0 aliphatic carbocycles. The van der Waals surface area contributed by atoms with Crippen molar-refractivity contribution in [2.45, 2.75) is 25.9 Å². The van der Waals surface area contributed by atoms with E-state index in [1.54, 1.807) is 0 Å². The van der Waals surface area contributed by atoms with Crippen molar-refractivity contribution < 1.29 is 0 Å². The quantitative estimate of drug-likeness (QED) is 0.818. The maximum atomic E-state index is 11.9. The number of aromatic amines is 1. The number of H-pyrrole nitrogens is 1. The molecule has 2 aliphatic heterocycles. The first-order chi connectivity index (χ1) is 10.3. The van der Waals surface area contributed by atoms with Crippen molar-refractivity contribution >= 4 is 5.82 Å². The fourth-order valence-electron chi connectivity index (χ4n) is 3.30. The summed E-state index contributed by atoms with van der Waals surface area (Å²) in [5, 5.41) is 3.38. The molecule has 2 aliphatic rings. The number of aromatic nitrogens is 2. The molecule has 0 fully saturated rings. The minimum Gasteiger partial charge on any atom is -0.347 e. The first-order valence-corrected chi connectivity index (χ1v) is 7.46. The van der Waals surface area contributed by atoms with Crippen molar-refractivity contribution in [2.75, 3.05) is 18.0 Å². The molecular weight excluding hydrogens is 264 g/mol. The van der Waals surface area contributed by atoms with Crippen molar-refractivity contribution in [1.29, 1.82) is 0 Å². The first-order valence-electron chi connectivity index (χ1n) is 7.46. The smallest absolute Gasteiger partial charge is 0.347 e. The standard InChI is InChI=1S/C16H18N4O/c21-16-18-14-6-8-17-7-5-13(14)15(19-16)20-9-11-3-1-2-4-12(11)10-20/h1-4,17H,5-10H2,(H,18,19,21). The summed E-state index contributed by atoms with van der Waals surface area (Å²) in [7, 11) is 0. The Morgan fingerprint density at radius 2 is 1.76 bits per heavy atom. The van der Waals surface area contributed by atoms with Gasteiger partial charge in [-0.15, -0.1) is 0 Å². The zero-order valence-corrected chi connectivity index (χ0v) is 11.9. The maximum absolute atomic E-state index is 11.9. The third-order valence-electron chi connectivity index (χ3n) is 4.34. The minimum atomic E-state index is -0.235. The molecular formula is C16H18N4O. The number of benzene rings is 1. The fraction of sp³-hybridized carbons (Fsp3) is 0.375. The van der Waals surface area contributed by atoms with Crippen molar-refractivity contribution in [3.05, 3.63) is 57.1 Å². The second-order valence-corrected chi connectivity index (χ2v) is 5.70. The van der Waals surface area contributed by atoms with Gasteiger partial charge in [0, 0.05) is 37.3 Å². The lowest BCUT2D eigenvalue weighted by Gasteiger charge is -2.20. The molecule has 21 heavy (non-hydrogen) atoms. The third kappa shape index (κ3) is 2.23. The largest absolute Gasteiger partial charge is 0.347 e. The first kappa shape index (κ1) is 12.6. The average Bonchev–Trinajstić information content (AvgIpc) is 2.78. The van der Waals surface area contributed by atoms with E-state index in [0.29, 0.717) is 0 Å². The van der Waals surface area contributed by atoms with E-state index in [0.717, 1.165) is 50.5 Å². The Morgan fingerprint density at radius 3 is 2.52 bits per heavy atom. The lowest BCUT2D eigenvalue weighted by atomic mass is 10.1. The zero-order valence-electron chi connectivity index (χ0n) is 11.9. The summed E-state index contributed by atoms with van der Waals surface area (Å²) in [5.41, 5.74) is 4.68. The predicted molar refractivity (Wildman–Crippen MR) is 81.5 cm³/mol. The van der Waals surface area contributed by atoms with Crippen LogP contribution in [0.1, 0.15) is 22.4 Å². The molecule has 0 unspecified atom stereocenters. The van der Waals surface area contributed by atoms with E-state index in [9.17, 15) is 4.79 Å². The molecule has 0 spiro atoms. The Hall–Kier alpha value is -2.14. The molecule has 0 saturated heterocycles. The van der Waals surface area contributed by atoms with Gasteiger partial charge >= 0.3 is 5.69 Å². The highest BCUT2D eigenvalue weighted by Crippen LogP contribution is 2.29. The van der Waals surface area contributed by atoms with Crippen LogP contribution >= 0.6 is 0 Å². The van der Waals surface area contributed by atoms with Crippen molar-refractivity contribution in [1.82, 2.24) is 15.3 Å². The van der Waals surface area contributed by atoms with Gasteiger partial charge < -0.3 is 15.2 Å². The summed E-state index contributed by atoms with van der Waals surface area (Å²) >= 11 is 0. The predicted octanol–water partition coefficient (Wildman–Crippen LogP) is 0.978. The highest BCUT2D eigenvalue weighted by Gasteiger charge is 2.24. The summed E-state index contributed by atoms with van der Waals surface area (Å²) < 4.78 is 0. The molecule has 4 rings (SSSR count). The molecule has 0 saturated carbocycles. The molecule has 0 atom stereocenters. The van der Waals surface area contributed by atoms with Gasteiger partial charge in [-0.25, -0.2) is 4.79 Å². The molecule has 1 aromatic carbocycles. The van der Waals surface area contributed by atoms with Crippen LogP contribution in [0.2, 0.25) is 0 Å².